The van der Waals surface area contributed by atoms with Gasteiger partial charge in [0.05, 0.1) is 12.0 Å². The lowest BCUT2D eigenvalue weighted by Crippen LogP contribution is -2.53. The minimum absolute atomic E-state index is 0. The van der Waals surface area contributed by atoms with Gasteiger partial charge < -0.3 is 19.5 Å². The molecule has 4 rings (SSSR count). The summed E-state index contributed by atoms with van der Waals surface area (Å²) in [6.07, 6.45) is 6.13. The van der Waals surface area contributed by atoms with Gasteiger partial charge in [-0.2, -0.15) is 5.10 Å². The number of guanidine groups is 1. The van der Waals surface area contributed by atoms with Crippen molar-refractivity contribution in [3.8, 4) is 5.69 Å². The second-order valence-corrected chi connectivity index (χ2v) is 7.10. The van der Waals surface area contributed by atoms with E-state index in [1.165, 1.54) is 11.8 Å². The summed E-state index contributed by atoms with van der Waals surface area (Å²) < 4.78 is 7.07. The molecule has 1 aliphatic heterocycles. The van der Waals surface area contributed by atoms with E-state index in [9.17, 15) is 4.79 Å². The number of furan rings is 1. The Hall–Kier alpha value is -2.82. The summed E-state index contributed by atoms with van der Waals surface area (Å²) in [5, 5.41) is 7.69. The van der Waals surface area contributed by atoms with Crippen LogP contribution in [0.1, 0.15) is 16.1 Å². The van der Waals surface area contributed by atoms with Gasteiger partial charge in [-0.25, -0.2) is 4.68 Å². The zero-order valence-corrected chi connectivity index (χ0v) is 19.8. The third-order valence-electron chi connectivity index (χ3n) is 5.21. The van der Waals surface area contributed by atoms with Gasteiger partial charge in [0.25, 0.3) is 5.91 Å². The topological polar surface area (TPSA) is 78.9 Å². The molecule has 1 amide bonds. The first-order valence-corrected chi connectivity index (χ1v) is 10.1. The second kappa shape index (κ2) is 11.0. The highest BCUT2D eigenvalue weighted by Crippen LogP contribution is 2.11. The maximum absolute atomic E-state index is 12.4. The molecule has 1 aliphatic rings. The van der Waals surface area contributed by atoms with E-state index < -0.39 is 0 Å². The van der Waals surface area contributed by atoms with Gasteiger partial charge in [-0.05, 0) is 42.3 Å². The van der Waals surface area contributed by atoms with Crippen LogP contribution >= 0.6 is 24.0 Å². The van der Waals surface area contributed by atoms with Crippen molar-refractivity contribution in [3.63, 3.8) is 0 Å². The SMILES string of the molecule is CN=C(NCCc1ccc(-n2cccn2)cc1)N1CCN(C(=O)c2ccco2)CC1.I. The van der Waals surface area contributed by atoms with Gasteiger partial charge >= 0.3 is 0 Å². The summed E-state index contributed by atoms with van der Waals surface area (Å²) in [6, 6.07) is 13.8. The van der Waals surface area contributed by atoms with Gasteiger partial charge in [0, 0.05) is 52.2 Å². The maximum Gasteiger partial charge on any atom is 0.289 e. The second-order valence-electron chi connectivity index (χ2n) is 7.10. The highest BCUT2D eigenvalue weighted by Gasteiger charge is 2.25. The number of amides is 1. The molecule has 0 saturated carbocycles. The number of aromatic nitrogens is 2. The highest BCUT2D eigenvalue weighted by atomic mass is 127. The predicted octanol–water partition coefficient (Wildman–Crippen LogP) is 2.66. The number of nitrogens with one attached hydrogen (secondary N) is 1. The number of aliphatic imine (C=N–C) groups is 1. The van der Waals surface area contributed by atoms with Crippen LogP contribution in [0.15, 0.2) is 70.5 Å². The molecule has 0 unspecified atom stereocenters. The Labute approximate surface area is 198 Å². The zero-order valence-electron chi connectivity index (χ0n) is 17.5. The van der Waals surface area contributed by atoms with Crippen molar-refractivity contribution >= 4 is 35.8 Å². The number of nitrogens with zero attached hydrogens (tertiary/aromatic N) is 5. The number of piperazine rings is 1. The van der Waals surface area contributed by atoms with E-state index in [1.54, 1.807) is 25.4 Å². The molecule has 0 aliphatic carbocycles. The normalized spacial score (nSPS) is 14.3. The Balaban J connectivity index is 0.00000272. The van der Waals surface area contributed by atoms with E-state index in [-0.39, 0.29) is 29.9 Å². The molecule has 3 heterocycles. The lowest BCUT2D eigenvalue weighted by atomic mass is 10.1. The van der Waals surface area contributed by atoms with Crippen LogP contribution < -0.4 is 5.32 Å². The molecule has 164 valence electrons. The molecule has 31 heavy (non-hydrogen) atoms. The Morgan fingerprint density at radius 3 is 2.45 bits per heavy atom. The highest BCUT2D eigenvalue weighted by molar-refractivity contribution is 14.0. The monoisotopic (exact) mass is 534 g/mol. The first-order valence-electron chi connectivity index (χ1n) is 10.1. The van der Waals surface area contributed by atoms with E-state index in [0.29, 0.717) is 18.8 Å². The predicted molar refractivity (Wildman–Crippen MR) is 130 cm³/mol. The van der Waals surface area contributed by atoms with E-state index in [0.717, 1.165) is 37.7 Å². The first-order chi connectivity index (χ1) is 14.7. The van der Waals surface area contributed by atoms with Gasteiger partial charge in [0.15, 0.2) is 11.7 Å². The number of benzene rings is 1. The van der Waals surface area contributed by atoms with Crippen molar-refractivity contribution < 1.29 is 9.21 Å². The molecule has 8 nitrogen and oxygen atoms in total. The van der Waals surface area contributed by atoms with Crippen molar-refractivity contribution in [1.82, 2.24) is 24.9 Å². The van der Waals surface area contributed by atoms with E-state index >= 15 is 0 Å². The van der Waals surface area contributed by atoms with Crippen molar-refractivity contribution in [2.75, 3.05) is 39.8 Å². The van der Waals surface area contributed by atoms with Crippen molar-refractivity contribution in [2.24, 2.45) is 4.99 Å². The van der Waals surface area contributed by atoms with Gasteiger partial charge in [-0.1, -0.05) is 12.1 Å². The van der Waals surface area contributed by atoms with E-state index in [1.807, 2.05) is 21.8 Å². The molecular formula is C22H27IN6O2. The Morgan fingerprint density at radius 1 is 1.10 bits per heavy atom. The van der Waals surface area contributed by atoms with Crippen molar-refractivity contribution in [3.05, 3.63) is 72.4 Å². The fourth-order valence-corrected chi connectivity index (χ4v) is 3.57. The van der Waals surface area contributed by atoms with Crippen LogP contribution in [0.4, 0.5) is 0 Å². The van der Waals surface area contributed by atoms with Gasteiger partial charge in [-0.3, -0.25) is 9.79 Å². The quantitative estimate of drug-likeness (QED) is 0.310. The molecule has 0 spiro atoms. The van der Waals surface area contributed by atoms with Crippen LogP contribution in [-0.4, -0.2) is 71.2 Å². The van der Waals surface area contributed by atoms with Crippen molar-refractivity contribution in [2.45, 2.75) is 6.42 Å². The number of carbonyl (C=O) groups is 1. The van der Waals surface area contributed by atoms with Crippen LogP contribution in [0.25, 0.3) is 5.69 Å². The average Bonchev–Trinajstić information content (AvgIpc) is 3.52. The lowest BCUT2D eigenvalue weighted by molar-refractivity contribution is 0.0658. The molecule has 0 atom stereocenters. The Bertz CT molecular complexity index is 962. The van der Waals surface area contributed by atoms with E-state index in [2.05, 4.69) is 44.6 Å². The fraction of sp³-hybridized carbons (Fsp3) is 0.318. The van der Waals surface area contributed by atoms with Crippen LogP contribution in [-0.2, 0) is 6.42 Å². The first kappa shape index (κ1) is 22.9. The standard InChI is InChI=1S/C22H26N6O2.HI/c1-23-22(27-15-13-26(14-16-27)21(29)20-4-2-17-30-20)24-11-9-18-5-7-19(8-6-18)28-12-3-10-25-28;/h2-8,10,12,17H,9,11,13-16H2,1H3,(H,23,24);1H. The summed E-state index contributed by atoms with van der Waals surface area (Å²) in [5.41, 5.74) is 2.30. The fourth-order valence-electron chi connectivity index (χ4n) is 3.57. The number of hydrogen-bond acceptors (Lipinski definition) is 4. The average molecular weight is 534 g/mol. The third-order valence-corrected chi connectivity index (χ3v) is 5.21. The third kappa shape index (κ3) is 5.66. The van der Waals surface area contributed by atoms with Gasteiger partial charge in [0.2, 0.25) is 0 Å². The largest absolute Gasteiger partial charge is 0.459 e. The molecule has 0 bridgehead atoms. The zero-order chi connectivity index (χ0) is 20.8. The van der Waals surface area contributed by atoms with Gasteiger partial charge in [0.1, 0.15) is 0 Å². The molecule has 2 aromatic heterocycles. The summed E-state index contributed by atoms with van der Waals surface area (Å²) in [7, 11) is 1.79. The Kier molecular flexibility index (Phi) is 8.10. The summed E-state index contributed by atoms with van der Waals surface area (Å²) in [4.78, 5) is 20.8. The van der Waals surface area contributed by atoms with Gasteiger partial charge in [-0.15, -0.1) is 24.0 Å². The van der Waals surface area contributed by atoms with E-state index in [4.69, 9.17) is 4.42 Å². The summed E-state index contributed by atoms with van der Waals surface area (Å²) in [5.74, 6) is 1.21. The number of carbonyl (C=O) groups excluding carboxylic acids is 1. The molecule has 9 heteroatoms. The molecule has 1 saturated heterocycles. The van der Waals surface area contributed by atoms with Crippen LogP contribution in [0.2, 0.25) is 0 Å². The number of hydrogen-bond donors (Lipinski definition) is 1. The molecule has 1 fully saturated rings. The summed E-state index contributed by atoms with van der Waals surface area (Å²) in [6.45, 7) is 3.57. The molecule has 3 aromatic rings. The van der Waals surface area contributed by atoms with Crippen LogP contribution in [0.5, 0.6) is 0 Å². The Morgan fingerprint density at radius 2 is 1.84 bits per heavy atom. The molecular weight excluding hydrogens is 507 g/mol. The smallest absolute Gasteiger partial charge is 0.289 e. The maximum atomic E-state index is 12.4. The number of rotatable bonds is 5. The number of halogens is 1. The molecule has 1 aromatic carbocycles. The minimum Gasteiger partial charge on any atom is -0.459 e. The minimum atomic E-state index is -0.0545. The molecule has 0 radical (unpaired) electrons. The lowest BCUT2D eigenvalue weighted by Gasteiger charge is -2.36. The van der Waals surface area contributed by atoms with Crippen LogP contribution in [0, 0.1) is 0 Å². The van der Waals surface area contributed by atoms with Crippen LogP contribution in [0.3, 0.4) is 0 Å². The molecule has 1 N–H and O–H groups in total. The van der Waals surface area contributed by atoms with Crippen molar-refractivity contribution in [1.29, 1.82) is 0 Å². The summed E-state index contributed by atoms with van der Waals surface area (Å²) >= 11 is 0.